The lowest BCUT2D eigenvalue weighted by molar-refractivity contribution is -0.122. The first-order valence-electron chi connectivity index (χ1n) is 10.6. The molecule has 1 aliphatic heterocycles. The van der Waals surface area contributed by atoms with E-state index in [1.54, 1.807) is 0 Å². The van der Waals surface area contributed by atoms with Crippen LogP contribution in [-0.2, 0) is 11.2 Å². The Labute approximate surface area is 178 Å². The zero-order valence-electron chi connectivity index (χ0n) is 17.2. The summed E-state index contributed by atoms with van der Waals surface area (Å²) in [6.07, 6.45) is 1.57. The third kappa shape index (κ3) is 4.78. The Morgan fingerprint density at radius 1 is 0.867 bits per heavy atom. The summed E-state index contributed by atoms with van der Waals surface area (Å²) in [6, 6.07) is 29.1. The molecular formula is C26H28N2O2. The molecule has 0 radical (unpaired) electrons. The van der Waals surface area contributed by atoms with Crippen molar-refractivity contribution in [2.24, 2.45) is 0 Å². The van der Waals surface area contributed by atoms with Gasteiger partial charge in [0.2, 0.25) is 5.91 Å². The maximum atomic E-state index is 13.0. The number of carbonyl (C=O) groups excluding carboxylic acids is 1. The van der Waals surface area contributed by atoms with E-state index in [1.165, 1.54) is 5.56 Å². The summed E-state index contributed by atoms with van der Waals surface area (Å²) in [6.45, 7) is 1.91. The highest BCUT2D eigenvalue weighted by Crippen LogP contribution is 2.27. The molecule has 4 rings (SSSR count). The van der Waals surface area contributed by atoms with Gasteiger partial charge in [0.15, 0.2) is 0 Å². The average molecular weight is 401 g/mol. The van der Waals surface area contributed by atoms with Crippen molar-refractivity contribution in [3.05, 3.63) is 90.5 Å². The molecule has 0 spiro atoms. The van der Waals surface area contributed by atoms with E-state index in [0.717, 1.165) is 29.8 Å². The normalized spacial score (nSPS) is 17.3. The second kappa shape index (κ2) is 9.70. The van der Waals surface area contributed by atoms with Gasteiger partial charge in [0.1, 0.15) is 0 Å². The molecule has 0 aliphatic carbocycles. The smallest absolute Gasteiger partial charge is 0.241 e. The number of piperazine rings is 1. The van der Waals surface area contributed by atoms with Crippen LogP contribution in [0, 0.1) is 0 Å². The van der Waals surface area contributed by atoms with Gasteiger partial charge in [-0.05, 0) is 41.7 Å². The van der Waals surface area contributed by atoms with Crippen LogP contribution < -0.4 is 4.90 Å². The summed E-state index contributed by atoms with van der Waals surface area (Å²) in [7, 11) is 0. The zero-order chi connectivity index (χ0) is 20.8. The summed E-state index contributed by atoms with van der Waals surface area (Å²) >= 11 is 0. The van der Waals surface area contributed by atoms with Crippen LogP contribution in [0.15, 0.2) is 84.9 Å². The zero-order valence-corrected chi connectivity index (χ0v) is 17.2. The molecule has 1 N–H and O–H groups in total. The third-order valence-electron chi connectivity index (χ3n) is 5.73. The molecule has 30 heavy (non-hydrogen) atoms. The minimum atomic E-state index is 0.113. The van der Waals surface area contributed by atoms with E-state index >= 15 is 0 Å². The van der Waals surface area contributed by atoms with Crippen LogP contribution in [0.1, 0.15) is 12.0 Å². The van der Waals surface area contributed by atoms with E-state index in [9.17, 15) is 9.90 Å². The summed E-state index contributed by atoms with van der Waals surface area (Å²) in [5.41, 5.74) is 4.47. The van der Waals surface area contributed by atoms with Gasteiger partial charge in [-0.25, -0.2) is 0 Å². The Bertz CT molecular complexity index is 959. The summed E-state index contributed by atoms with van der Waals surface area (Å²) in [5, 5.41) is 9.29. The molecule has 3 aromatic rings. The maximum absolute atomic E-state index is 13.0. The molecule has 1 saturated heterocycles. The van der Waals surface area contributed by atoms with Crippen LogP contribution in [0.25, 0.3) is 11.1 Å². The Morgan fingerprint density at radius 2 is 1.57 bits per heavy atom. The standard InChI is InChI=1S/C26H28N2O2/c29-16-8-15-27-20-26(30)28(19-25(27)17-21-9-3-1-4-10-21)24-14-7-13-23(18-24)22-11-5-2-6-12-22/h1-7,9-14,18,25,29H,8,15-17,19-20H2/t25-/m0/s1. The van der Waals surface area contributed by atoms with Gasteiger partial charge in [-0.2, -0.15) is 0 Å². The van der Waals surface area contributed by atoms with Gasteiger partial charge < -0.3 is 10.0 Å². The predicted molar refractivity (Wildman–Crippen MR) is 121 cm³/mol. The number of aliphatic hydroxyl groups excluding tert-OH is 1. The molecule has 154 valence electrons. The highest BCUT2D eigenvalue weighted by Gasteiger charge is 2.32. The van der Waals surface area contributed by atoms with E-state index in [0.29, 0.717) is 19.5 Å². The molecule has 4 heteroatoms. The van der Waals surface area contributed by atoms with Gasteiger partial charge in [0.05, 0.1) is 6.54 Å². The molecule has 3 aromatic carbocycles. The Balaban J connectivity index is 1.58. The van der Waals surface area contributed by atoms with E-state index in [2.05, 4.69) is 53.4 Å². The molecule has 1 fully saturated rings. The van der Waals surface area contributed by atoms with Crippen molar-refractivity contribution in [3.63, 3.8) is 0 Å². The molecule has 0 bridgehead atoms. The molecule has 1 amide bonds. The fraction of sp³-hybridized carbons (Fsp3) is 0.269. The number of amides is 1. The van der Waals surface area contributed by atoms with Gasteiger partial charge in [0, 0.05) is 31.4 Å². The number of anilines is 1. The molecule has 1 heterocycles. The van der Waals surface area contributed by atoms with Crippen LogP contribution in [0.4, 0.5) is 5.69 Å². The minimum absolute atomic E-state index is 0.113. The third-order valence-corrected chi connectivity index (χ3v) is 5.73. The largest absolute Gasteiger partial charge is 0.396 e. The average Bonchev–Trinajstić information content (AvgIpc) is 2.80. The predicted octanol–water partition coefficient (Wildman–Crippen LogP) is 4.00. The molecule has 0 aromatic heterocycles. The van der Waals surface area contributed by atoms with E-state index < -0.39 is 0 Å². The summed E-state index contributed by atoms with van der Waals surface area (Å²) in [4.78, 5) is 17.2. The van der Waals surface area contributed by atoms with E-state index in [4.69, 9.17) is 0 Å². The number of carbonyl (C=O) groups is 1. The van der Waals surface area contributed by atoms with Gasteiger partial charge in [0.25, 0.3) is 0 Å². The second-order valence-electron chi connectivity index (χ2n) is 7.81. The topological polar surface area (TPSA) is 43.8 Å². The lowest BCUT2D eigenvalue weighted by Gasteiger charge is -2.41. The lowest BCUT2D eigenvalue weighted by Crippen LogP contribution is -2.57. The van der Waals surface area contributed by atoms with Crippen LogP contribution in [0.3, 0.4) is 0 Å². The number of hydrogen-bond donors (Lipinski definition) is 1. The quantitative estimate of drug-likeness (QED) is 0.652. The van der Waals surface area contributed by atoms with Crippen LogP contribution >= 0.6 is 0 Å². The fourth-order valence-electron chi connectivity index (χ4n) is 4.16. The van der Waals surface area contributed by atoms with Crippen molar-refractivity contribution >= 4 is 11.6 Å². The fourth-order valence-corrected chi connectivity index (χ4v) is 4.16. The van der Waals surface area contributed by atoms with E-state index in [-0.39, 0.29) is 18.6 Å². The summed E-state index contributed by atoms with van der Waals surface area (Å²) < 4.78 is 0. The molecule has 0 unspecified atom stereocenters. The number of nitrogens with zero attached hydrogens (tertiary/aromatic N) is 2. The summed E-state index contributed by atoms with van der Waals surface area (Å²) in [5.74, 6) is 0.113. The number of benzene rings is 3. The van der Waals surface area contributed by atoms with Crippen LogP contribution in [-0.4, -0.2) is 48.2 Å². The number of aliphatic hydroxyl groups is 1. The minimum Gasteiger partial charge on any atom is -0.396 e. The molecule has 1 atom stereocenters. The Hall–Kier alpha value is -2.95. The SMILES string of the molecule is O=C1CN(CCCO)[C@@H](Cc2ccccc2)CN1c1cccc(-c2ccccc2)c1. The molecule has 1 aliphatic rings. The first kappa shape index (κ1) is 20.3. The number of hydrogen-bond acceptors (Lipinski definition) is 3. The monoisotopic (exact) mass is 400 g/mol. The first-order chi connectivity index (χ1) is 14.7. The number of rotatable bonds is 7. The maximum Gasteiger partial charge on any atom is 0.241 e. The van der Waals surface area contributed by atoms with Crippen molar-refractivity contribution in [1.82, 2.24) is 4.90 Å². The van der Waals surface area contributed by atoms with Crippen LogP contribution in [0.5, 0.6) is 0 Å². The van der Waals surface area contributed by atoms with Gasteiger partial charge in [-0.3, -0.25) is 9.69 Å². The van der Waals surface area contributed by atoms with Gasteiger partial charge in [-0.1, -0.05) is 72.8 Å². The first-order valence-corrected chi connectivity index (χ1v) is 10.6. The Morgan fingerprint density at radius 3 is 2.30 bits per heavy atom. The van der Waals surface area contributed by atoms with Crippen molar-refractivity contribution in [3.8, 4) is 11.1 Å². The molecule has 4 nitrogen and oxygen atoms in total. The van der Waals surface area contributed by atoms with Crippen molar-refractivity contribution in [2.75, 3.05) is 31.1 Å². The van der Waals surface area contributed by atoms with Crippen molar-refractivity contribution < 1.29 is 9.90 Å². The van der Waals surface area contributed by atoms with Crippen molar-refractivity contribution in [2.45, 2.75) is 18.9 Å². The Kier molecular flexibility index (Phi) is 6.57. The van der Waals surface area contributed by atoms with Crippen molar-refractivity contribution in [1.29, 1.82) is 0 Å². The second-order valence-corrected chi connectivity index (χ2v) is 7.81. The molecule has 0 saturated carbocycles. The van der Waals surface area contributed by atoms with Gasteiger partial charge >= 0.3 is 0 Å². The van der Waals surface area contributed by atoms with Gasteiger partial charge in [-0.15, -0.1) is 0 Å². The van der Waals surface area contributed by atoms with Crippen LogP contribution in [0.2, 0.25) is 0 Å². The van der Waals surface area contributed by atoms with E-state index in [1.807, 2.05) is 41.3 Å². The molecular weight excluding hydrogens is 372 g/mol. The lowest BCUT2D eigenvalue weighted by atomic mass is 10.00. The highest BCUT2D eigenvalue weighted by atomic mass is 16.3. The highest BCUT2D eigenvalue weighted by molar-refractivity contribution is 5.96.